The second-order valence-electron chi connectivity index (χ2n) is 6.31. The largest absolute Gasteiger partial charge is 0.347 e. The highest BCUT2D eigenvalue weighted by atomic mass is 16.7. The van der Waals surface area contributed by atoms with Crippen LogP contribution in [0.2, 0.25) is 0 Å². The van der Waals surface area contributed by atoms with E-state index in [-0.39, 0.29) is 11.9 Å². The minimum absolute atomic E-state index is 0.201. The summed E-state index contributed by atoms with van der Waals surface area (Å²) in [5, 5.41) is 4.10. The molecule has 6 heteroatoms. The first kappa shape index (κ1) is 14.8. The summed E-state index contributed by atoms with van der Waals surface area (Å²) in [6.45, 7) is 5.29. The number of hydrogen-bond donors (Lipinski definition) is 0. The van der Waals surface area contributed by atoms with E-state index in [4.69, 9.17) is 14.0 Å². The smallest absolute Gasteiger partial charge is 0.257 e. The van der Waals surface area contributed by atoms with Crippen LogP contribution in [0.15, 0.2) is 34.9 Å². The molecule has 0 bridgehead atoms. The van der Waals surface area contributed by atoms with Gasteiger partial charge in [0.05, 0.1) is 19.3 Å². The quantitative estimate of drug-likeness (QED) is 0.867. The first-order chi connectivity index (χ1) is 11.2. The van der Waals surface area contributed by atoms with E-state index in [2.05, 4.69) is 22.0 Å². The molecule has 0 saturated carbocycles. The highest BCUT2D eigenvalue weighted by Gasteiger charge is 2.42. The van der Waals surface area contributed by atoms with E-state index < -0.39 is 0 Å². The van der Waals surface area contributed by atoms with Crippen molar-refractivity contribution in [2.24, 2.45) is 0 Å². The molecule has 2 aromatic rings. The second kappa shape index (κ2) is 6.03. The normalized spacial score (nSPS) is 24.3. The third-order valence-corrected chi connectivity index (χ3v) is 4.47. The number of likely N-dealkylation sites (tertiary alicyclic amines) is 1. The molecule has 2 saturated heterocycles. The summed E-state index contributed by atoms with van der Waals surface area (Å²) in [5.41, 5.74) is 0.950. The van der Waals surface area contributed by atoms with E-state index in [1.807, 2.05) is 30.3 Å². The number of hydrogen-bond acceptors (Lipinski definition) is 6. The van der Waals surface area contributed by atoms with Crippen LogP contribution in [-0.2, 0) is 16.0 Å². The van der Waals surface area contributed by atoms with E-state index >= 15 is 0 Å². The Morgan fingerprint density at radius 3 is 2.70 bits per heavy atom. The molecule has 23 heavy (non-hydrogen) atoms. The van der Waals surface area contributed by atoms with Gasteiger partial charge in [0.15, 0.2) is 11.6 Å². The summed E-state index contributed by atoms with van der Waals surface area (Å²) in [7, 11) is 0. The van der Waals surface area contributed by atoms with Crippen LogP contribution in [0.5, 0.6) is 0 Å². The van der Waals surface area contributed by atoms with E-state index in [1.165, 1.54) is 0 Å². The number of aromatic nitrogens is 2. The molecule has 1 spiro atoms. The van der Waals surface area contributed by atoms with E-state index in [0.29, 0.717) is 19.0 Å². The van der Waals surface area contributed by atoms with Gasteiger partial charge in [0.1, 0.15) is 0 Å². The molecule has 1 aromatic heterocycles. The number of rotatable bonds is 3. The number of ether oxygens (including phenoxy) is 2. The average Bonchev–Trinajstić information content (AvgIpc) is 3.18. The lowest BCUT2D eigenvalue weighted by atomic mass is 10.0. The lowest BCUT2D eigenvalue weighted by molar-refractivity contribution is -0.194. The van der Waals surface area contributed by atoms with Gasteiger partial charge in [-0.2, -0.15) is 4.98 Å². The van der Waals surface area contributed by atoms with Gasteiger partial charge < -0.3 is 14.0 Å². The van der Waals surface area contributed by atoms with Gasteiger partial charge in [0.25, 0.3) is 5.89 Å². The molecular formula is C17H21N3O3. The minimum Gasteiger partial charge on any atom is -0.347 e. The van der Waals surface area contributed by atoms with Crippen LogP contribution in [0, 0.1) is 0 Å². The molecule has 0 aliphatic carbocycles. The summed E-state index contributed by atoms with van der Waals surface area (Å²) in [4.78, 5) is 6.81. The predicted octanol–water partition coefficient (Wildman–Crippen LogP) is 2.46. The zero-order valence-electron chi connectivity index (χ0n) is 13.3. The van der Waals surface area contributed by atoms with Crippen LogP contribution in [0.4, 0.5) is 0 Å². The molecule has 1 unspecified atom stereocenters. The van der Waals surface area contributed by atoms with Gasteiger partial charge in [-0.1, -0.05) is 23.4 Å². The fraction of sp³-hybridized carbons (Fsp3) is 0.529. The Labute approximate surface area is 135 Å². The van der Waals surface area contributed by atoms with Gasteiger partial charge >= 0.3 is 0 Å². The summed E-state index contributed by atoms with van der Waals surface area (Å²) >= 11 is 0. The molecule has 2 fully saturated rings. The Kier molecular flexibility index (Phi) is 3.88. The van der Waals surface area contributed by atoms with E-state index in [0.717, 1.165) is 37.3 Å². The van der Waals surface area contributed by atoms with Crippen molar-refractivity contribution < 1.29 is 14.0 Å². The highest BCUT2D eigenvalue weighted by molar-refractivity contribution is 5.51. The van der Waals surface area contributed by atoms with Crippen LogP contribution in [-0.4, -0.2) is 46.6 Å². The maximum Gasteiger partial charge on any atom is 0.257 e. The van der Waals surface area contributed by atoms with Crippen molar-refractivity contribution in [3.63, 3.8) is 0 Å². The topological polar surface area (TPSA) is 60.6 Å². The molecular weight excluding hydrogens is 294 g/mol. The summed E-state index contributed by atoms with van der Waals surface area (Å²) in [6, 6.07) is 9.84. The monoisotopic (exact) mass is 315 g/mol. The molecule has 1 aromatic carbocycles. The molecule has 1 atom stereocenters. The van der Waals surface area contributed by atoms with Crippen molar-refractivity contribution >= 4 is 0 Å². The molecule has 0 N–H and O–H groups in total. The van der Waals surface area contributed by atoms with Gasteiger partial charge in [0, 0.05) is 31.5 Å². The van der Waals surface area contributed by atoms with Crippen molar-refractivity contribution in [3.05, 3.63) is 36.2 Å². The zero-order valence-corrected chi connectivity index (χ0v) is 13.3. The molecule has 6 nitrogen and oxygen atoms in total. The van der Waals surface area contributed by atoms with Gasteiger partial charge in [-0.3, -0.25) is 4.90 Å². The maximum atomic E-state index is 5.95. The Morgan fingerprint density at radius 1 is 1.22 bits per heavy atom. The molecule has 0 radical (unpaired) electrons. The Morgan fingerprint density at radius 2 is 2.00 bits per heavy atom. The molecule has 4 rings (SSSR count). The van der Waals surface area contributed by atoms with Crippen molar-refractivity contribution in [2.75, 3.05) is 19.7 Å². The minimum atomic E-state index is -0.359. The summed E-state index contributed by atoms with van der Waals surface area (Å²) in [6.07, 6.45) is 1.98. The molecule has 3 heterocycles. The van der Waals surface area contributed by atoms with Gasteiger partial charge in [-0.25, -0.2) is 0 Å². The van der Waals surface area contributed by atoms with Crippen LogP contribution in [0.3, 0.4) is 0 Å². The van der Waals surface area contributed by atoms with Crippen molar-refractivity contribution in [1.82, 2.24) is 15.0 Å². The van der Waals surface area contributed by atoms with E-state index in [9.17, 15) is 0 Å². The molecule has 2 aliphatic heterocycles. The first-order valence-corrected chi connectivity index (χ1v) is 8.15. The highest BCUT2D eigenvalue weighted by Crippen LogP contribution is 2.34. The third kappa shape index (κ3) is 3.15. The molecule has 0 amide bonds. The molecule has 2 aliphatic rings. The zero-order chi connectivity index (χ0) is 15.7. The Bertz CT molecular complexity index is 650. The number of benzene rings is 1. The fourth-order valence-electron chi connectivity index (χ4n) is 3.23. The van der Waals surface area contributed by atoms with Crippen molar-refractivity contribution in [3.8, 4) is 11.5 Å². The third-order valence-electron chi connectivity index (χ3n) is 4.47. The van der Waals surface area contributed by atoms with Crippen molar-refractivity contribution in [1.29, 1.82) is 0 Å². The van der Waals surface area contributed by atoms with Crippen LogP contribution in [0.25, 0.3) is 11.5 Å². The van der Waals surface area contributed by atoms with Crippen LogP contribution in [0.1, 0.15) is 25.6 Å². The molecule has 122 valence electrons. The van der Waals surface area contributed by atoms with Crippen molar-refractivity contribution in [2.45, 2.75) is 38.2 Å². The van der Waals surface area contributed by atoms with E-state index in [1.54, 1.807) is 0 Å². The Hall–Kier alpha value is -1.76. The Balaban J connectivity index is 1.36. The first-order valence-electron chi connectivity index (χ1n) is 8.15. The summed E-state index contributed by atoms with van der Waals surface area (Å²) < 4.78 is 17.2. The second-order valence-corrected chi connectivity index (χ2v) is 6.31. The standard InChI is InChI=1S/C17H21N3O3/c1-13-12-21-17(22-13)7-9-20(10-8-17)11-15-18-16(23-19-15)14-5-3-2-4-6-14/h2-6,13H,7-12H2,1H3. The SMILES string of the molecule is CC1COC2(CCN(Cc3noc(-c4ccccc4)n3)CC2)O1. The predicted molar refractivity (Wildman–Crippen MR) is 83.5 cm³/mol. The van der Waals surface area contributed by atoms with Crippen LogP contribution >= 0.6 is 0 Å². The number of piperidine rings is 1. The fourth-order valence-corrected chi connectivity index (χ4v) is 3.23. The van der Waals surface area contributed by atoms with Crippen LogP contribution < -0.4 is 0 Å². The summed E-state index contributed by atoms with van der Waals surface area (Å²) in [5.74, 6) is 0.939. The van der Waals surface area contributed by atoms with Gasteiger partial charge in [-0.15, -0.1) is 0 Å². The number of nitrogens with zero attached hydrogens (tertiary/aromatic N) is 3. The average molecular weight is 315 g/mol. The lowest BCUT2D eigenvalue weighted by Gasteiger charge is -2.37. The van der Waals surface area contributed by atoms with Gasteiger partial charge in [-0.05, 0) is 19.1 Å². The van der Waals surface area contributed by atoms with Gasteiger partial charge in [0.2, 0.25) is 0 Å². The maximum absolute atomic E-state index is 5.95. The lowest BCUT2D eigenvalue weighted by Crippen LogP contribution is -2.45.